The Hall–Kier alpha value is -2.22. The van der Waals surface area contributed by atoms with Gasteiger partial charge in [-0.3, -0.25) is 0 Å². The summed E-state index contributed by atoms with van der Waals surface area (Å²) in [5.41, 5.74) is 9.49. The van der Waals surface area contributed by atoms with Gasteiger partial charge in [0.05, 0.1) is 0 Å². The number of benzene rings is 4. The molecule has 0 bridgehead atoms. The normalized spacial score (nSPS) is 10.4. The molecule has 2 radical (unpaired) electrons. The van der Waals surface area contributed by atoms with Crippen molar-refractivity contribution in [2.75, 3.05) is 0 Å². The molecule has 6 aromatic rings. The van der Waals surface area contributed by atoms with Crippen LogP contribution in [0.1, 0.15) is 56.2 Å². The second-order valence-corrected chi connectivity index (χ2v) is 16.0. The van der Waals surface area contributed by atoms with E-state index >= 15 is 0 Å². The topological polar surface area (TPSA) is 0 Å². The predicted molar refractivity (Wildman–Crippen MR) is 192 cm³/mol. The van der Waals surface area contributed by atoms with Gasteiger partial charge in [-0.2, -0.15) is 12.1 Å². The van der Waals surface area contributed by atoms with Crippen LogP contribution in [0.3, 0.4) is 0 Å². The summed E-state index contributed by atoms with van der Waals surface area (Å²) in [6.07, 6.45) is 0. The van der Waals surface area contributed by atoms with Crippen LogP contribution in [0, 0.1) is 6.92 Å². The molecule has 4 heteroatoms. The molecule has 0 saturated carbocycles. The molecule has 0 N–H and O–H groups in total. The van der Waals surface area contributed by atoms with E-state index in [1.54, 1.807) is 0 Å². The molecule has 0 fully saturated rings. The summed E-state index contributed by atoms with van der Waals surface area (Å²) >= 11 is -0.826. The third-order valence-electron chi connectivity index (χ3n) is 7.30. The molecule has 43 heavy (non-hydrogen) atoms. The molecule has 0 unspecified atom stereocenters. The van der Waals surface area contributed by atoms with Gasteiger partial charge in [0.1, 0.15) is 0 Å². The first kappa shape index (κ1) is 35.3. The van der Waals surface area contributed by atoms with Crippen molar-refractivity contribution in [3.8, 4) is 22.3 Å². The second kappa shape index (κ2) is 17.9. The number of halogens is 2. The van der Waals surface area contributed by atoms with Crippen molar-refractivity contribution >= 4 is 48.1 Å². The average Bonchev–Trinajstić information content (AvgIpc) is 3.62. The molecule has 0 aliphatic heterocycles. The summed E-state index contributed by atoms with van der Waals surface area (Å²) in [6, 6.07) is 41.7. The van der Waals surface area contributed by atoms with E-state index < -0.39 is 20.8 Å². The molecule has 0 spiro atoms. The molecule has 0 nitrogen and oxygen atoms in total. The standard InChI is InChI=1S/C19H19.C18H17.C2H6Si.2ClH.Zr/c1-13(2)16-9-10-17(15-7-5-4-6-8-15)19-12-14(3)11-18(16)19;1-13(2)16-11-15-9-6-10-17(18(15)12-16)14-7-4-3-5-8-14;1-3-2;;;/h4-13H,1-3H3;3-13H,1-2H3;1-2H3;2*1H;/q2*-1;;;;+4/p-2. The zero-order valence-corrected chi connectivity index (χ0v) is 31.4. The number of aryl methyl sites for hydroxylation is 1. The van der Waals surface area contributed by atoms with Gasteiger partial charge in [0.2, 0.25) is 0 Å². The SMILES string of the molecule is CC(C)c1cc2c(-c3ccccc3)cccc2[cH-]1.C[Si]C.Cc1cc2c(-c3ccccc3)ccc(C(C)C)c2[cH-]1.[Cl][Zr+2][Cl]. The Morgan fingerprint density at radius 2 is 1.16 bits per heavy atom. The molecule has 220 valence electrons. The number of hydrogen-bond acceptors (Lipinski definition) is 0. The first-order valence-corrected chi connectivity index (χ1v) is 23.1. The quantitative estimate of drug-likeness (QED) is 0.127. The van der Waals surface area contributed by atoms with Crippen molar-refractivity contribution in [3.63, 3.8) is 0 Å². The van der Waals surface area contributed by atoms with Gasteiger partial charge in [0.15, 0.2) is 0 Å². The average molecular weight is 701 g/mol. The fourth-order valence-electron chi connectivity index (χ4n) is 5.30. The van der Waals surface area contributed by atoms with Crippen LogP contribution in [0.25, 0.3) is 43.8 Å². The maximum absolute atomic E-state index is 4.93. The molecule has 0 atom stereocenters. The molecule has 6 rings (SSSR count). The van der Waals surface area contributed by atoms with E-state index in [0.29, 0.717) is 11.8 Å². The molecule has 6 aromatic carbocycles. The van der Waals surface area contributed by atoms with Crippen LogP contribution in [0.5, 0.6) is 0 Å². The minimum absolute atomic E-state index is 0.564. The third-order valence-corrected chi connectivity index (χ3v) is 7.30. The Morgan fingerprint density at radius 3 is 1.67 bits per heavy atom. The summed E-state index contributed by atoms with van der Waals surface area (Å²) in [4.78, 5) is 0. The molecule has 0 amide bonds. The molecule has 0 aliphatic rings. The van der Waals surface area contributed by atoms with E-state index in [0.717, 1.165) is 9.52 Å². The van der Waals surface area contributed by atoms with Crippen LogP contribution in [0.4, 0.5) is 0 Å². The second-order valence-electron chi connectivity index (χ2n) is 11.3. The van der Waals surface area contributed by atoms with Crippen molar-refractivity contribution in [2.45, 2.75) is 59.5 Å². The van der Waals surface area contributed by atoms with Gasteiger partial charge >= 0.3 is 37.9 Å². The summed E-state index contributed by atoms with van der Waals surface area (Å²) in [6.45, 7) is 15.5. The van der Waals surface area contributed by atoms with Crippen molar-refractivity contribution in [2.24, 2.45) is 0 Å². The molecule has 0 heterocycles. The van der Waals surface area contributed by atoms with Crippen LogP contribution in [-0.2, 0) is 20.8 Å². The van der Waals surface area contributed by atoms with Gasteiger partial charge in [-0.25, -0.2) is 0 Å². The Labute approximate surface area is 280 Å². The van der Waals surface area contributed by atoms with Crippen LogP contribution >= 0.6 is 17.0 Å². The molecule has 0 saturated heterocycles. The van der Waals surface area contributed by atoms with Crippen molar-refractivity contribution in [1.29, 1.82) is 0 Å². The van der Waals surface area contributed by atoms with Crippen LogP contribution in [0.15, 0.2) is 115 Å². The van der Waals surface area contributed by atoms with Crippen LogP contribution in [0.2, 0.25) is 13.1 Å². The maximum atomic E-state index is 4.93. The molecular weight excluding hydrogens is 659 g/mol. The summed E-state index contributed by atoms with van der Waals surface area (Å²) in [5.74, 6) is 1.15. The predicted octanol–water partition coefficient (Wildman–Crippen LogP) is 13.2. The van der Waals surface area contributed by atoms with E-state index in [4.69, 9.17) is 17.0 Å². The molecule has 0 aromatic heterocycles. The molecular formula is C39H42Cl2SiZr. The third kappa shape index (κ3) is 9.63. The fourth-order valence-corrected chi connectivity index (χ4v) is 5.30. The number of rotatable bonds is 4. The fraction of sp³-hybridized carbons (Fsp3) is 0.231. The minimum atomic E-state index is -0.826. The monoisotopic (exact) mass is 698 g/mol. The molecule has 0 aliphatic carbocycles. The van der Waals surface area contributed by atoms with E-state index in [1.807, 2.05) is 0 Å². The van der Waals surface area contributed by atoms with Gasteiger partial charge in [-0.15, -0.1) is 68.6 Å². The van der Waals surface area contributed by atoms with Gasteiger partial charge in [-0.05, 0) is 17.0 Å². The van der Waals surface area contributed by atoms with Gasteiger partial charge in [0, 0.05) is 9.52 Å². The zero-order valence-electron chi connectivity index (χ0n) is 26.4. The zero-order chi connectivity index (χ0) is 31.4. The van der Waals surface area contributed by atoms with Crippen molar-refractivity contribution < 1.29 is 20.8 Å². The number of hydrogen-bond donors (Lipinski definition) is 0. The van der Waals surface area contributed by atoms with Crippen LogP contribution < -0.4 is 0 Å². The van der Waals surface area contributed by atoms with Crippen molar-refractivity contribution in [1.82, 2.24) is 0 Å². The summed E-state index contributed by atoms with van der Waals surface area (Å²) in [7, 11) is 11.0. The van der Waals surface area contributed by atoms with Gasteiger partial charge in [0.25, 0.3) is 0 Å². The first-order chi connectivity index (χ1) is 20.7. The van der Waals surface area contributed by atoms with Crippen LogP contribution in [-0.4, -0.2) is 9.52 Å². The van der Waals surface area contributed by atoms with Crippen molar-refractivity contribution in [3.05, 3.63) is 132 Å². The Kier molecular flexibility index (Phi) is 14.7. The van der Waals surface area contributed by atoms with Gasteiger partial charge < -0.3 is 0 Å². The summed E-state index contributed by atoms with van der Waals surface area (Å²) in [5, 5.41) is 5.51. The number of fused-ring (bicyclic) bond motifs is 2. The van der Waals surface area contributed by atoms with E-state index in [2.05, 4.69) is 163 Å². The van der Waals surface area contributed by atoms with E-state index in [9.17, 15) is 0 Å². The Bertz CT molecular complexity index is 1660. The first-order valence-electron chi connectivity index (χ1n) is 14.8. The Morgan fingerprint density at radius 1 is 0.628 bits per heavy atom. The van der Waals surface area contributed by atoms with E-state index in [-0.39, 0.29) is 0 Å². The van der Waals surface area contributed by atoms with E-state index in [1.165, 1.54) is 60.5 Å². The Balaban J connectivity index is 0.000000200. The summed E-state index contributed by atoms with van der Waals surface area (Å²) < 4.78 is 0. The van der Waals surface area contributed by atoms with Gasteiger partial charge in [-0.1, -0.05) is 138 Å².